The fourth-order valence-corrected chi connectivity index (χ4v) is 2.94. The van der Waals surface area contributed by atoms with E-state index in [-0.39, 0.29) is 17.5 Å². The third-order valence-electron chi connectivity index (χ3n) is 3.34. The lowest BCUT2D eigenvalue weighted by atomic mass is 9.91. The molecule has 0 bridgehead atoms. The van der Waals surface area contributed by atoms with Gasteiger partial charge in [-0.2, -0.15) is 0 Å². The second-order valence-electron chi connectivity index (χ2n) is 5.47. The molecule has 0 aliphatic rings. The second-order valence-corrected chi connectivity index (χ2v) is 7.21. The van der Waals surface area contributed by atoms with Crippen LogP contribution in [0.4, 0.5) is 4.39 Å². The summed E-state index contributed by atoms with van der Waals surface area (Å²) in [6.45, 7) is 5.93. The molecule has 118 valence electrons. The number of carbonyl (C=O) groups excluding carboxylic acids is 1. The summed E-state index contributed by atoms with van der Waals surface area (Å²) >= 11 is 0. The van der Waals surface area contributed by atoms with E-state index in [1.807, 2.05) is 20.8 Å². The predicted molar refractivity (Wildman–Crippen MR) is 77.0 cm³/mol. The average molecular weight is 317 g/mol. The van der Waals surface area contributed by atoms with Crippen LogP contribution in [0.25, 0.3) is 0 Å². The van der Waals surface area contributed by atoms with Crippen molar-refractivity contribution in [3.8, 4) is 0 Å². The zero-order valence-electron chi connectivity index (χ0n) is 12.6. The molecule has 0 fully saturated rings. The molecule has 0 amide bonds. The highest BCUT2D eigenvalue weighted by atomic mass is 32.2. The quantitative estimate of drug-likeness (QED) is 0.817. The van der Waals surface area contributed by atoms with E-state index in [0.29, 0.717) is 0 Å². The zero-order chi connectivity index (χ0) is 16.3. The van der Waals surface area contributed by atoms with Gasteiger partial charge in [-0.05, 0) is 30.0 Å². The fourth-order valence-electron chi connectivity index (χ4n) is 1.49. The minimum absolute atomic E-state index is 0.183. The number of esters is 1. The van der Waals surface area contributed by atoms with Gasteiger partial charge in [0.25, 0.3) is 0 Å². The van der Waals surface area contributed by atoms with E-state index in [4.69, 9.17) is 0 Å². The molecule has 1 rings (SSSR count). The Balaban J connectivity index is 3.19. The molecule has 1 aromatic carbocycles. The number of methoxy groups -OCH3 is 1. The molecule has 0 spiro atoms. The molecule has 1 N–H and O–H groups in total. The molecule has 0 unspecified atom stereocenters. The van der Waals surface area contributed by atoms with Gasteiger partial charge in [0.05, 0.1) is 17.6 Å². The van der Waals surface area contributed by atoms with Crippen molar-refractivity contribution in [1.82, 2.24) is 4.72 Å². The summed E-state index contributed by atoms with van der Waals surface area (Å²) in [6.07, 6.45) is 0.766. The maximum absolute atomic E-state index is 13.3. The summed E-state index contributed by atoms with van der Waals surface area (Å²) in [7, 11) is -2.87. The van der Waals surface area contributed by atoms with Crippen molar-refractivity contribution in [2.45, 2.75) is 32.1 Å². The Morgan fingerprint density at radius 2 is 2.00 bits per heavy atom. The number of halogens is 1. The minimum Gasteiger partial charge on any atom is -0.465 e. The largest absolute Gasteiger partial charge is 0.465 e. The van der Waals surface area contributed by atoms with Crippen LogP contribution in [-0.4, -0.2) is 28.0 Å². The Morgan fingerprint density at radius 1 is 1.38 bits per heavy atom. The van der Waals surface area contributed by atoms with Gasteiger partial charge < -0.3 is 4.74 Å². The third kappa shape index (κ3) is 4.50. The van der Waals surface area contributed by atoms with Crippen molar-refractivity contribution in [2.24, 2.45) is 5.41 Å². The number of nitrogens with one attached hydrogen (secondary N) is 1. The third-order valence-corrected chi connectivity index (χ3v) is 4.78. The van der Waals surface area contributed by atoms with Crippen molar-refractivity contribution < 1.29 is 22.3 Å². The van der Waals surface area contributed by atoms with Crippen molar-refractivity contribution in [2.75, 3.05) is 13.7 Å². The Bertz CT molecular complexity index is 626. The summed E-state index contributed by atoms with van der Waals surface area (Å²) in [5.74, 6) is -1.57. The number of ether oxygens (including phenoxy) is 1. The number of hydrogen-bond acceptors (Lipinski definition) is 4. The Kier molecular flexibility index (Phi) is 5.47. The maximum Gasteiger partial charge on any atom is 0.339 e. The molecule has 0 saturated carbocycles. The summed E-state index contributed by atoms with van der Waals surface area (Å²) in [4.78, 5) is 11.2. The van der Waals surface area contributed by atoms with Gasteiger partial charge >= 0.3 is 5.97 Å². The molecule has 0 heterocycles. The lowest BCUT2D eigenvalue weighted by Crippen LogP contribution is -2.34. The number of rotatable bonds is 6. The first-order chi connectivity index (χ1) is 9.63. The molecule has 5 nitrogen and oxygen atoms in total. The fraction of sp³-hybridized carbons (Fsp3) is 0.500. The zero-order valence-corrected chi connectivity index (χ0v) is 13.4. The summed E-state index contributed by atoms with van der Waals surface area (Å²) in [6, 6.07) is 2.93. The van der Waals surface area contributed by atoms with E-state index in [0.717, 1.165) is 31.7 Å². The molecule has 0 aliphatic carbocycles. The van der Waals surface area contributed by atoms with Gasteiger partial charge in [0.1, 0.15) is 5.82 Å². The second kappa shape index (κ2) is 6.53. The topological polar surface area (TPSA) is 72.5 Å². The van der Waals surface area contributed by atoms with E-state index < -0.39 is 26.7 Å². The smallest absolute Gasteiger partial charge is 0.339 e. The molecule has 0 aliphatic heterocycles. The van der Waals surface area contributed by atoms with Gasteiger partial charge in [0.15, 0.2) is 0 Å². The normalized spacial score (nSPS) is 12.2. The highest BCUT2D eigenvalue weighted by molar-refractivity contribution is 7.89. The van der Waals surface area contributed by atoms with Crippen molar-refractivity contribution in [3.63, 3.8) is 0 Å². The monoisotopic (exact) mass is 317 g/mol. The Labute approximate surface area is 124 Å². The van der Waals surface area contributed by atoms with E-state index in [9.17, 15) is 17.6 Å². The van der Waals surface area contributed by atoms with Crippen LogP contribution < -0.4 is 4.72 Å². The van der Waals surface area contributed by atoms with Gasteiger partial charge in [-0.25, -0.2) is 22.3 Å². The molecule has 0 atom stereocenters. The van der Waals surface area contributed by atoms with Gasteiger partial charge in [-0.15, -0.1) is 0 Å². The standard InChI is InChI=1S/C14H20FNO4S/c1-5-14(2,3)9-16-21(18,19)12-8-10(15)6-7-11(12)13(17)20-4/h6-8,16H,5,9H2,1-4H3. The Morgan fingerprint density at radius 3 is 2.52 bits per heavy atom. The van der Waals surface area contributed by atoms with E-state index in [1.54, 1.807) is 0 Å². The number of benzene rings is 1. The molecule has 1 aromatic rings. The van der Waals surface area contributed by atoms with Crippen LogP contribution in [0.2, 0.25) is 0 Å². The van der Waals surface area contributed by atoms with Crippen LogP contribution in [-0.2, 0) is 14.8 Å². The van der Waals surface area contributed by atoms with Gasteiger partial charge in [0, 0.05) is 6.54 Å². The maximum atomic E-state index is 13.3. The highest BCUT2D eigenvalue weighted by Gasteiger charge is 2.26. The molecule has 7 heteroatoms. The SMILES string of the molecule is CCC(C)(C)CNS(=O)(=O)c1cc(F)ccc1C(=O)OC. The summed E-state index contributed by atoms with van der Waals surface area (Å²) < 4.78 is 44.9. The van der Waals surface area contributed by atoms with E-state index >= 15 is 0 Å². The van der Waals surface area contributed by atoms with Gasteiger partial charge in [0.2, 0.25) is 10.0 Å². The van der Waals surface area contributed by atoms with Crippen LogP contribution in [0.5, 0.6) is 0 Å². The molecular weight excluding hydrogens is 297 g/mol. The number of carbonyl (C=O) groups is 1. The molecular formula is C14H20FNO4S. The molecule has 21 heavy (non-hydrogen) atoms. The Hall–Kier alpha value is -1.47. The molecule has 0 radical (unpaired) electrons. The summed E-state index contributed by atoms with van der Waals surface area (Å²) in [5.41, 5.74) is -0.438. The lowest BCUT2D eigenvalue weighted by molar-refractivity contribution is 0.0596. The van der Waals surface area contributed by atoms with E-state index in [1.165, 1.54) is 0 Å². The average Bonchev–Trinajstić information content (AvgIpc) is 2.44. The van der Waals surface area contributed by atoms with Crippen molar-refractivity contribution in [3.05, 3.63) is 29.6 Å². The van der Waals surface area contributed by atoms with Crippen LogP contribution in [0.15, 0.2) is 23.1 Å². The number of sulfonamides is 1. The van der Waals surface area contributed by atoms with Crippen molar-refractivity contribution in [1.29, 1.82) is 0 Å². The van der Waals surface area contributed by atoms with Gasteiger partial charge in [-0.3, -0.25) is 0 Å². The first-order valence-electron chi connectivity index (χ1n) is 6.50. The molecule has 0 aromatic heterocycles. The predicted octanol–water partition coefficient (Wildman–Crippen LogP) is 2.33. The van der Waals surface area contributed by atoms with Crippen LogP contribution >= 0.6 is 0 Å². The lowest BCUT2D eigenvalue weighted by Gasteiger charge is -2.23. The molecule has 0 saturated heterocycles. The van der Waals surface area contributed by atoms with Crippen LogP contribution in [0.1, 0.15) is 37.6 Å². The first-order valence-corrected chi connectivity index (χ1v) is 7.99. The van der Waals surface area contributed by atoms with Gasteiger partial charge in [-0.1, -0.05) is 20.8 Å². The highest BCUT2D eigenvalue weighted by Crippen LogP contribution is 2.22. The van der Waals surface area contributed by atoms with Crippen molar-refractivity contribution >= 4 is 16.0 Å². The van der Waals surface area contributed by atoms with Crippen LogP contribution in [0.3, 0.4) is 0 Å². The number of hydrogen-bond donors (Lipinski definition) is 1. The minimum atomic E-state index is -4.00. The first kappa shape index (κ1) is 17.6. The summed E-state index contributed by atoms with van der Waals surface area (Å²) in [5, 5.41) is 0. The van der Waals surface area contributed by atoms with Crippen LogP contribution in [0, 0.1) is 11.2 Å². The van der Waals surface area contributed by atoms with E-state index in [2.05, 4.69) is 9.46 Å².